The number of hydrogen-bond acceptors (Lipinski definition) is 2. The van der Waals surface area contributed by atoms with E-state index in [9.17, 15) is 13.2 Å². The third kappa shape index (κ3) is 5.03. The maximum Gasteiger partial charge on any atom is 0.417 e. The van der Waals surface area contributed by atoms with Crippen LogP contribution in [0.1, 0.15) is 42.5 Å². The number of rotatable bonds is 7. The van der Waals surface area contributed by atoms with Crippen molar-refractivity contribution >= 4 is 13.9 Å². The van der Waals surface area contributed by atoms with E-state index in [1.165, 1.54) is 6.07 Å². The minimum Gasteiger partial charge on any atom is -0.467 e. The van der Waals surface area contributed by atoms with Crippen LogP contribution in [0.4, 0.5) is 13.2 Å². The lowest BCUT2D eigenvalue weighted by molar-refractivity contribution is -0.136. The zero-order valence-electron chi connectivity index (χ0n) is 16.3. The van der Waals surface area contributed by atoms with Crippen molar-refractivity contribution in [3.63, 3.8) is 0 Å². The Morgan fingerprint density at radius 2 is 1.70 bits per heavy atom. The van der Waals surface area contributed by atoms with Crippen molar-refractivity contribution in [2.45, 2.75) is 45.4 Å². The maximum absolute atomic E-state index is 13.5. The average molecular weight is 398 g/mol. The molecule has 0 saturated carbocycles. The van der Waals surface area contributed by atoms with Gasteiger partial charge in [0.2, 0.25) is 0 Å². The van der Waals surface area contributed by atoms with Gasteiger partial charge in [0.1, 0.15) is 5.75 Å². The van der Waals surface area contributed by atoms with Gasteiger partial charge in [-0.05, 0) is 37.2 Å². The van der Waals surface area contributed by atoms with Gasteiger partial charge >= 0.3 is 6.18 Å². The lowest BCUT2D eigenvalue weighted by Gasteiger charge is -2.33. The molecule has 2 rings (SSSR count). The SMILES string of the molecule is CCC(C)(Pc1ccccc1C(F)(F)F)c1cc(C)cc(C)c1OCOC. The molecule has 0 aliphatic heterocycles. The number of halogens is 3. The van der Waals surface area contributed by atoms with E-state index in [-0.39, 0.29) is 15.4 Å². The molecule has 0 aliphatic carbocycles. The zero-order chi connectivity index (χ0) is 20.2. The maximum atomic E-state index is 13.5. The highest BCUT2D eigenvalue weighted by molar-refractivity contribution is 7.48. The minimum atomic E-state index is -4.36. The fourth-order valence-electron chi connectivity index (χ4n) is 3.16. The number of aryl methyl sites for hydroxylation is 2. The van der Waals surface area contributed by atoms with Gasteiger partial charge in [-0.15, -0.1) is 0 Å². The summed E-state index contributed by atoms with van der Waals surface area (Å²) in [6.07, 6.45) is -3.68. The first-order chi connectivity index (χ1) is 12.6. The number of hydrogen-bond donors (Lipinski definition) is 0. The second-order valence-electron chi connectivity index (χ2n) is 6.86. The molecule has 2 atom stereocenters. The second kappa shape index (κ2) is 8.62. The largest absolute Gasteiger partial charge is 0.467 e. The summed E-state index contributed by atoms with van der Waals surface area (Å²) in [4.78, 5) is 0. The summed E-state index contributed by atoms with van der Waals surface area (Å²) in [7, 11) is 1.50. The first kappa shape index (κ1) is 21.7. The van der Waals surface area contributed by atoms with Crippen molar-refractivity contribution in [2.24, 2.45) is 0 Å². The second-order valence-corrected chi connectivity index (χ2v) is 8.76. The smallest absolute Gasteiger partial charge is 0.417 e. The average Bonchev–Trinajstić information content (AvgIpc) is 2.60. The Morgan fingerprint density at radius 1 is 1.04 bits per heavy atom. The van der Waals surface area contributed by atoms with Gasteiger partial charge in [-0.2, -0.15) is 13.2 Å². The topological polar surface area (TPSA) is 18.5 Å². The van der Waals surface area contributed by atoms with Crippen LogP contribution in [0.3, 0.4) is 0 Å². The zero-order valence-corrected chi connectivity index (χ0v) is 17.3. The molecule has 0 radical (unpaired) electrons. The highest BCUT2D eigenvalue weighted by atomic mass is 31.1. The normalized spacial score (nSPS) is 14.5. The van der Waals surface area contributed by atoms with Gasteiger partial charge < -0.3 is 9.47 Å². The van der Waals surface area contributed by atoms with Crippen LogP contribution in [-0.2, 0) is 16.1 Å². The summed E-state index contributed by atoms with van der Waals surface area (Å²) in [5, 5.41) is -0.160. The van der Waals surface area contributed by atoms with Crippen LogP contribution in [0.25, 0.3) is 0 Å². The summed E-state index contributed by atoms with van der Waals surface area (Å²) in [5.41, 5.74) is 2.37. The van der Waals surface area contributed by atoms with Gasteiger partial charge in [-0.1, -0.05) is 58.3 Å². The quantitative estimate of drug-likeness (QED) is 0.425. The highest BCUT2D eigenvalue weighted by Gasteiger charge is 2.36. The van der Waals surface area contributed by atoms with Crippen molar-refractivity contribution < 1.29 is 22.6 Å². The third-order valence-electron chi connectivity index (χ3n) is 4.68. The van der Waals surface area contributed by atoms with Crippen LogP contribution < -0.4 is 10.0 Å². The van der Waals surface area contributed by atoms with E-state index in [0.29, 0.717) is 17.5 Å². The summed E-state index contributed by atoms with van der Waals surface area (Å²) >= 11 is 0. The highest BCUT2D eigenvalue weighted by Crippen LogP contribution is 2.49. The van der Waals surface area contributed by atoms with E-state index < -0.39 is 16.9 Å². The fourth-order valence-corrected chi connectivity index (χ4v) is 4.79. The van der Waals surface area contributed by atoms with E-state index in [0.717, 1.165) is 22.8 Å². The van der Waals surface area contributed by atoms with Crippen LogP contribution in [-0.4, -0.2) is 13.9 Å². The summed E-state index contributed by atoms with van der Waals surface area (Å²) in [6.45, 7) is 8.04. The molecular formula is C21H26F3O2P. The molecule has 0 amide bonds. The molecule has 2 aromatic carbocycles. The van der Waals surface area contributed by atoms with Crippen LogP contribution >= 0.6 is 8.58 Å². The van der Waals surface area contributed by atoms with Crippen molar-refractivity contribution in [1.29, 1.82) is 0 Å². The molecule has 0 N–H and O–H groups in total. The number of benzene rings is 2. The molecular weight excluding hydrogens is 372 g/mol. The number of ether oxygens (including phenoxy) is 2. The van der Waals surface area contributed by atoms with Gasteiger partial charge in [0, 0.05) is 17.8 Å². The predicted molar refractivity (Wildman–Crippen MR) is 105 cm³/mol. The van der Waals surface area contributed by atoms with Crippen molar-refractivity contribution in [2.75, 3.05) is 13.9 Å². The standard InChI is InChI=1S/C21H26F3O2P/c1-6-20(4,27-18-10-8-7-9-16(18)21(22,23)24)17-12-14(2)11-15(3)19(17)26-13-25-5/h7-12,27H,6,13H2,1-5H3. The Hall–Kier alpha value is -1.58. The van der Waals surface area contributed by atoms with Crippen LogP contribution in [0.15, 0.2) is 36.4 Å². The molecule has 0 spiro atoms. The minimum absolute atomic E-state index is 0.0483. The van der Waals surface area contributed by atoms with Gasteiger partial charge in [0.05, 0.1) is 5.56 Å². The Labute approximate surface area is 160 Å². The molecule has 0 aliphatic rings. The van der Waals surface area contributed by atoms with Gasteiger partial charge in [-0.3, -0.25) is 0 Å². The summed E-state index contributed by atoms with van der Waals surface area (Å²) < 4.78 is 51.3. The molecule has 0 aromatic heterocycles. The Morgan fingerprint density at radius 3 is 2.30 bits per heavy atom. The van der Waals surface area contributed by atoms with Gasteiger partial charge in [-0.25, -0.2) is 0 Å². The Kier molecular flexibility index (Phi) is 6.93. The summed E-state index contributed by atoms with van der Waals surface area (Å²) in [6, 6.07) is 9.86. The monoisotopic (exact) mass is 398 g/mol. The molecule has 0 fully saturated rings. The first-order valence-electron chi connectivity index (χ1n) is 8.80. The van der Waals surface area contributed by atoms with E-state index >= 15 is 0 Å². The van der Waals surface area contributed by atoms with Crippen molar-refractivity contribution in [3.8, 4) is 5.75 Å². The first-order valence-corrected chi connectivity index (χ1v) is 9.80. The molecule has 27 heavy (non-hydrogen) atoms. The van der Waals surface area contributed by atoms with Crippen molar-refractivity contribution in [3.05, 3.63) is 58.7 Å². The van der Waals surface area contributed by atoms with Crippen LogP contribution in [0.2, 0.25) is 0 Å². The van der Waals surface area contributed by atoms with E-state index in [1.54, 1.807) is 19.2 Å². The fraction of sp³-hybridized carbons (Fsp3) is 0.429. The van der Waals surface area contributed by atoms with E-state index in [2.05, 4.69) is 0 Å². The van der Waals surface area contributed by atoms with Gasteiger partial charge in [0.25, 0.3) is 0 Å². The molecule has 148 valence electrons. The third-order valence-corrected chi connectivity index (χ3v) is 6.56. The van der Waals surface area contributed by atoms with Crippen LogP contribution in [0, 0.1) is 13.8 Å². The lowest BCUT2D eigenvalue weighted by Crippen LogP contribution is -2.24. The van der Waals surface area contributed by atoms with E-state index in [4.69, 9.17) is 9.47 Å². The molecule has 2 unspecified atom stereocenters. The Bertz CT molecular complexity index is 789. The van der Waals surface area contributed by atoms with E-state index in [1.807, 2.05) is 39.8 Å². The molecule has 0 bridgehead atoms. The molecule has 0 saturated heterocycles. The predicted octanol–water partition coefficient (Wildman–Crippen LogP) is 5.93. The molecule has 2 nitrogen and oxygen atoms in total. The molecule has 2 aromatic rings. The number of alkyl halides is 3. The molecule has 0 heterocycles. The lowest BCUT2D eigenvalue weighted by atomic mass is 9.92. The van der Waals surface area contributed by atoms with Gasteiger partial charge in [0.15, 0.2) is 6.79 Å². The number of methoxy groups -OCH3 is 1. The van der Waals surface area contributed by atoms with Crippen LogP contribution in [0.5, 0.6) is 5.75 Å². The Balaban J connectivity index is 2.56. The van der Waals surface area contributed by atoms with Crippen molar-refractivity contribution in [1.82, 2.24) is 0 Å². The molecule has 6 heteroatoms. The summed E-state index contributed by atoms with van der Waals surface area (Å²) in [5.74, 6) is 0.698.